The molecular weight excluding hydrogens is 404 g/mol. The van der Waals surface area contributed by atoms with E-state index in [4.69, 9.17) is 4.42 Å². The Bertz CT molecular complexity index is 1310. The van der Waals surface area contributed by atoms with E-state index in [0.29, 0.717) is 28.9 Å². The standard InChI is InChI=1S/C24H26N6O2/c1-15-14-25-23(27-18-7-5-6-17(12-18)16(2)30-10-3-4-11-30)29-22(15)26-19-8-9-21-20(13-19)28-24(31)32-21/h5-9,12-14,16H,3-4,10-11H2,1-2H3,(H,28,31)(H2,25,26,27,29). The second-order valence-corrected chi connectivity index (χ2v) is 8.25. The van der Waals surface area contributed by atoms with Crippen molar-refractivity contribution in [2.24, 2.45) is 0 Å². The van der Waals surface area contributed by atoms with Crippen molar-refractivity contribution in [1.29, 1.82) is 0 Å². The van der Waals surface area contributed by atoms with Crippen LogP contribution in [0.1, 0.15) is 36.9 Å². The maximum atomic E-state index is 11.4. The van der Waals surface area contributed by atoms with Crippen LogP contribution in [0.3, 0.4) is 0 Å². The molecule has 164 valence electrons. The zero-order chi connectivity index (χ0) is 22.1. The minimum atomic E-state index is -0.469. The maximum Gasteiger partial charge on any atom is 0.417 e. The van der Waals surface area contributed by atoms with Gasteiger partial charge in [-0.15, -0.1) is 0 Å². The van der Waals surface area contributed by atoms with E-state index in [2.05, 4.69) is 55.6 Å². The van der Waals surface area contributed by atoms with Crippen LogP contribution in [-0.4, -0.2) is 32.9 Å². The first-order valence-electron chi connectivity index (χ1n) is 10.9. The molecule has 0 amide bonds. The summed E-state index contributed by atoms with van der Waals surface area (Å²) in [5.41, 5.74) is 5.10. The number of hydrogen-bond acceptors (Lipinski definition) is 7. The highest BCUT2D eigenvalue weighted by atomic mass is 16.4. The molecular formula is C24H26N6O2. The highest BCUT2D eigenvalue weighted by Gasteiger charge is 2.19. The topological polar surface area (TPSA) is 99.1 Å². The Labute approximate surface area is 185 Å². The molecule has 32 heavy (non-hydrogen) atoms. The largest absolute Gasteiger partial charge is 0.417 e. The molecule has 0 radical (unpaired) electrons. The number of H-pyrrole nitrogens is 1. The van der Waals surface area contributed by atoms with E-state index in [0.717, 1.165) is 30.0 Å². The number of rotatable bonds is 6. The van der Waals surface area contributed by atoms with Gasteiger partial charge in [0.25, 0.3) is 0 Å². The van der Waals surface area contributed by atoms with Gasteiger partial charge in [-0.25, -0.2) is 9.78 Å². The molecule has 1 aliphatic heterocycles. The molecule has 0 spiro atoms. The molecule has 2 aromatic heterocycles. The van der Waals surface area contributed by atoms with Gasteiger partial charge in [0.15, 0.2) is 5.58 Å². The number of nitrogens with one attached hydrogen (secondary N) is 3. The highest BCUT2D eigenvalue weighted by molar-refractivity contribution is 5.78. The van der Waals surface area contributed by atoms with E-state index >= 15 is 0 Å². The summed E-state index contributed by atoms with van der Waals surface area (Å²) in [5.74, 6) is 0.735. The Morgan fingerprint density at radius 1 is 1.09 bits per heavy atom. The number of aryl methyl sites for hydroxylation is 1. The average Bonchev–Trinajstić information content (AvgIpc) is 3.44. The van der Waals surface area contributed by atoms with Gasteiger partial charge >= 0.3 is 5.76 Å². The van der Waals surface area contributed by atoms with Crippen molar-refractivity contribution >= 4 is 34.2 Å². The molecule has 1 atom stereocenters. The minimum Gasteiger partial charge on any atom is -0.408 e. The van der Waals surface area contributed by atoms with E-state index < -0.39 is 5.76 Å². The highest BCUT2D eigenvalue weighted by Crippen LogP contribution is 2.28. The summed E-state index contributed by atoms with van der Waals surface area (Å²) in [6.07, 6.45) is 4.34. The lowest BCUT2D eigenvalue weighted by atomic mass is 10.1. The molecule has 8 nitrogen and oxygen atoms in total. The summed E-state index contributed by atoms with van der Waals surface area (Å²) in [4.78, 5) is 25.7. The van der Waals surface area contributed by atoms with Crippen molar-refractivity contribution in [2.45, 2.75) is 32.7 Å². The molecule has 1 unspecified atom stereocenters. The second-order valence-electron chi connectivity index (χ2n) is 8.25. The van der Waals surface area contributed by atoms with Gasteiger partial charge in [0.05, 0.1) is 5.52 Å². The van der Waals surface area contributed by atoms with E-state index in [-0.39, 0.29) is 0 Å². The zero-order valence-electron chi connectivity index (χ0n) is 18.2. The summed E-state index contributed by atoms with van der Waals surface area (Å²) in [7, 11) is 0. The number of benzene rings is 2. The Kier molecular flexibility index (Phi) is 5.36. The van der Waals surface area contributed by atoms with Crippen LogP contribution < -0.4 is 16.4 Å². The predicted octanol–water partition coefficient (Wildman–Crippen LogP) is 4.86. The van der Waals surface area contributed by atoms with Gasteiger partial charge in [0.2, 0.25) is 5.95 Å². The molecule has 1 fully saturated rings. The number of oxazole rings is 1. The first kappa shape index (κ1) is 20.3. The van der Waals surface area contributed by atoms with E-state index in [1.807, 2.05) is 25.1 Å². The number of hydrogen-bond donors (Lipinski definition) is 3. The third-order valence-corrected chi connectivity index (χ3v) is 5.97. The Morgan fingerprint density at radius 2 is 1.91 bits per heavy atom. The van der Waals surface area contributed by atoms with Crippen LogP contribution in [0.15, 0.2) is 57.9 Å². The van der Waals surface area contributed by atoms with Gasteiger partial charge in [0.1, 0.15) is 5.82 Å². The monoisotopic (exact) mass is 430 g/mol. The molecule has 1 saturated heterocycles. The van der Waals surface area contributed by atoms with Crippen molar-refractivity contribution in [3.05, 3.63) is 70.3 Å². The van der Waals surface area contributed by atoms with Crippen LogP contribution >= 0.6 is 0 Å². The van der Waals surface area contributed by atoms with Crippen LogP contribution in [0.2, 0.25) is 0 Å². The van der Waals surface area contributed by atoms with Crippen molar-refractivity contribution in [3.63, 3.8) is 0 Å². The molecule has 8 heteroatoms. The molecule has 3 N–H and O–H groups in total. The molecule has 0 saturated carbocycles. The fourth-order valence-electron chi connectivity index (χ4n) is 4.14. The molecule has 4 aromatic rings. The van der Waals surface area contributed by atoms with Crippen molar-refractivity contribution in [3.8, 4) is 0 Å². The van der Waals surface area contributed by atoms with Crippen LogP contribution in [0.5, 0.6) is 0 Å². The maximum absolute atomic E-state index is 11.4. The Morgan fingerprint density at radius 3 is 2.75 bits per heavy atom. The Balaban J connectivity index is 1.35. The van der Waals surface area contributed by atoms with Gasteiger partial charge in [-0.2, -0.15) is 4.98 Å². The van der Waals surface area contributed by atoms with Gasteiger partial charge in [-0.3, -0.25) is 9.88 Å². The zero-order valence-corrected chi connectivity index (χ0v) is 18.2. The quantitative estimate of drug-likeness (QED) is 0.402. The summed E-state index contributed by atoms with van der Waals surface area (Å²) in [5, 5.41) is 6.64. The number of fused-ring (bicyclic) bond motifs is 1. The molecule has 5 rings (SSSR count). The number of nitrogens with zero attached hydrogens (tertiary/aromatic N) is 3. The molecule has 2 aromatic carbocycles. The fourth-order valence-corrected chi connectivity index (χ4v) is 4.14. The van der Waals surface area contributed by atoms with Gasteiger partial charge < -0.3 is 15.1 Å². The molecule has 3 heterocycles. The lowest BCUT2D eigenvalue weighted by Crippen LogP contribution is -2.23. The number of likely N-dealkylation sites (tertiary alicyclic amines) is 1. The normalized spacial score (nSPS) is 15.2. The molecule has 0 aliphatic carbocycles. The predicted molar refractivity (Wildman–Crippen MR) is 126 cm³/mol. The van der Waals surface area contributed by atoms with Crippen LogP contribution in [-0.2, 0) is 0 Å². The third-order valence-electron chi connectivity index (χ3n) is 5.97. The van der Waals surface area contributed by atoms with Gasteiger partial charge in [-0.1, -0.05) is 12.1 Å². The minimum absolute atomic E-state index is 0.389. The van der Waals surface area contributed by atoms with E-state index in [9.17, 15) is 4.79 Å². The summed E-state index contributed by atoms with van der Waals surface area (Å²) in [6.45, 7) is 6.53. The van der Waals surface area contributed by atoms with Crippen LogP contribution in [0.4, 0.5) is 23.1 Å². The SMILES string of the molecule is Cc1cnc(Nc2cccc(C(C)N3CCCC3)c2)nc1Nc1ccc2oc(=O)[nH]c2c1. The summed E-state index contributed by atoms with van der Waals surface area (Å²) >= 11 is 0. The first-order valence-corrected chi connectivity index (χ1v) is 10.9. The summed E-state index contributed by atoms with van der Waals surface area (Å²) in [6, 6.07) is 14.2. The molecule has 1 aliphatic rings. The number of aromatic amines is 1. The number of aromatic nitrogens is 3. The Hall–Kier alpha value is -3.65. The first-order chi connectivity index (χ1) is 15.5. The van der Waals surface area contributed by atoms with Gasteiger partial charge in [-0.05, 0) is 75.7 Å². The van der Waals surface area contributed by atoms with Crippen molar-refractivity contribution < 1.29 is 4.42 Å². The summed E-state index contributed by atoms with van der Waals surface area (Å²) < 4.78 is 5.06. The lowest BCUT2D eigenvalue weighted by molar-refractivity contribution is 0.263. The third kappa shape index (κ3) is 4.22. The van der Waals surface area contributed by atoms with Crippen LogP contribution in [0, 0.1) is 6.92 Å². The number of anilines is 4. The second kappa shape index (κ2) is 8.47. The smallest absolute Gasteiger partial charge is 0.408 e. The van der Waals surface area contributed by atoms with Crippen molar-refractivity contribution in [1.82, 2.24) is 19.9 Å². The van der Waals surface area contributed by atoms with Gasteiger partial charge in [0, 0.05) is 29.2 Å². The fraction of sp³-hybridized carbons (Fsp3) is 0.292. The molecule has 0 bridgehead atoms. The van der Waals surface area contributed by atoms with E-state index in [1.54, 1.807) is 12.3 Å². The average molecular weight is 431 g/mol. The van der Waals surface area contributed by atoms with E-state index in [1.165, 1.54) is 18.4 Å². The lowest BCUT2D eigenvalue weighted by Gasteiger charge is -2.24. The van der Waals surface area contributed by atoms with Crippen molar-refractivity contribution in [2.75, 3.05) is 23.7 Å². The van der Waals surface area contributed by atoms with Crippen LogP contribution in [0.25, 0.3) is 11.1 Å².